The third-order valence-corrected chi connectivity index (χ3v) is 12.1. The number of unbranched alkanes of at least 4 members (excludes halogenated alkanes) is 28. The summed E-state index contributed by atoms with van der Waals surface area (Å²) in [7, 11) is 0. The number of esters is 3. The maximum atomic E-state index is 13.3. The van der Waals surface area contributed by atoms with Crippen LogP contribution in [0.4, 0.5) is 0 Å². The van der Waals surface area contributed by atoms with Gasteiger partial charge in [-0.05, 0) is 0 Å². The Labute approximate surface area is 329 Å². The zero-order chi connectivity index (χ0) is 37.5. The number of rotatable bonds is 40. The smallest absolute Gasteiger partial charge is 0.0654 e. The molecule has 0 atom stereocenters. The van der Waals surface area contributed by atoms with Crippen molar-refractivity contribution in [1.82, 2.24) is 0 Å². The topological polar surface area (TPSA) is 78.9 Å². The molecule has 0 spiro atoms. The van der Waals surface area contributed by atoms with E-state index in [1.165, 1.54) is 133 Å². The summed E-state index contributed by atoms with van der Waals surface area (Å²) < 4.78 is 19.2. The Hall–Kier alpha value is -0.791. The molecule has 0 saturated carbocycles. The van der Waals surface area contributed by atoms with Gasteiger partial charge in [-0.25, -0.2) is 0 Å². The second-order valence-corrected chi connectivity index (χ2v) is 18.2. The van der Waals surface area contributed by atoms with Crippen LogP contribution in [0.5, 0.6) is 0 Å². The summed E-state index contributed by atoms with van der Waals surface area (Å²) in [5.41, 5.74) is 0. The van der Waals surface area contributed by atoms with Gasteiger partial charge in [0.15, 0.2) is 0 Å². The first-order chi connectivity index (χ1) is 24.9. The van der Waals surface area contributed by atoms with Crippen LogP contribution in [0, 0.1) is 0 Å². The van der Waals surface area contributed by atoms with Crippen molar-refractivity contribution < 1.29 is 28.6 Å². The SMILES string of the molecule is CCCCCCCCCCCC(=O)OC(CCCCCC[CH2][SnH3])(OC(=O)CCCCCCCCCCC)OC(=O)CCCCCCCCCCC. The van der Waals surface area contributed by atoms with Gasteiger partial charge in [0.05, 0.1) is 0 Å². The minimum Gasteiger partial charge on any atom is -0.0654 e. The zero-order valence-corrected chi connectivity index (χ0v) is 40.3. The van der Waals surface area contributed by atoms with E-state index in [0.717, 1.165) is 93.2 Å². The Morgan fingerprint density at radius 3 is 0.863 bits per heavy atom. The molecule has 0 heterocycles. The summed E-state index contributed by atoms with van der Waals surface area (Å²) in [6.07, 6.45) is 37.3. The second-order valence-electron chi connectivity index (χ2n) is 15.4. The van der Waals surface area contributed by atoms with E-state index in [-0.39, 0.29) is 25.7 Å². The Kier molecular flexibility index (Phi) is 38.3. The predicted octanol–water partition coefficient (Wildman–Crippen LogP) is 13.2. The molecule has 0 bridgehead atoms. The average Bonchev–Trinajstić information content (AvgIpc) is 3.11. The number of hydrogen-bond acceptors (Lipinski definition) is 6. The summed E-state index contributed by atoms with van der Waals surface area (Å²) in [5.74, 6) is -3.28. The Bertz CT molecular complexity index is 699. The van der Waals surface area contributed by atoms with Crippen LogP contribution in [-0.2, 0) is 28.6 Å². The third-order valence-electron chi connectivity index (χ3n) is 10.1. The van der Waals surface area contributed by atoms with Crippen LogP contribution in [0.1, 0.15) is 252 Å². The average molecular weight is 830 g/mol. The van der Waals surface area contributed by atoms with Crippen LogP contribution in [-0.4, -0.2) is 46.4 Å². The molecule has 0 aromatic rings. The fourth-order valence-electron chi connectivity index (χ4n) is 6.75. The summed E-state index contributed by atoms with van der Waals surface area (Å²) in [6, 6.07) is 0. The van der Waals surface area contributed by atoms with E-state index < -0.39 is 23.9 Å². The predicted molar refractivity (Wildman–Crippen MR) is 219 cm³/mol. The van der Waals surface area contributed by atoms with Crippen LogP contribution in [0.25, 0.3) is 0 Å². The van der Waals surface area contributed by atoms with E-state index in [1.807, 2.05) is 0 Å². The van der Waals surface area contributed by atoms with Crippen LogP contribution in [0.3, 0.4) is 0 Å². The van der Waals surface area contributed by atoms with Crippen molar-refractivity contribution in [3.05, 3.63) is 0 Å². The number of hydrogen-bond donors (Lipinski definition) is 0. The van der Waals surface area contributed by atoms with E-state index >= 15 is 0 Å². The van der Waals surface area contributed by atoms with Gasteiger partial charge in [-0.3, -0.25) is 0 Å². The molecule has 6 nitrogen and oxygen atoms in total. The van der Waals surface area contributed by atoms with Gasteiger partial charge in [0.25, 0.3) is 0 Å². The maximum absolute atomic E-state index is 13.3. The third kappa shape index (κ3) is 34.7. The fourth-order valence-corrected chi connectivity index (χ4v) is 8.18. The number of carbonyl (C=O) groups excluding carboxylic acids is 3. The van der Waals surface area contributed by atoms with Crippen molar-refractivity contribution in [2.45, 2.75) is 262 Å². The van der Waals surface area contributed by atoms with Gasteiger partial charge in [0.1, 0.15) is 0 Å². The van der Waals surface area contributed by atoms with Crippen molar-refractivity contribution in [3.63, 3.8) is 0 Å². The molecule has 0 fully saturated rings. The van der Waals surface area contributed by atoms with Crippen LogP contribution in [0.2, 0.25) is 4.44 Å². The summed E-state index contributed by atoms with van der Waals surface area (Å²) in [6.45, 7) is 6.71. The van der Waals surface area contributed by atoms with E-state index in [1.54, 1.807) is 0 Å². The molecule has 0 aliphatic heterocycles. The first-order valence-electron chi connectivity index (χ1n) is 22.6. The van der Waals surface area contributed by atoms with Crippen LogP contribution >= 0.6 is 0 Å². The first kappa shape index (κ1) is 50.2. The minimum absolute atomic E-state index is 0.203. The Morgan fingerprint density at radius 2 is 0.588 bits per heavy atom. The van der Waals surface area contributed by atoms with Crippen molar-refractivity contribution in [3.8, 4) is 0 Å². The molecule has 0 aliphatic carbocycles. The van der Waals surface area contributed by atoms with Crippen molar-refractivity contribution in [1.29, 1.82) is 0 Å². The number of carbonyl (C=O) groups is 3. The van der Waals surface area contributed by atoms with E-state index in [0.29, 0.717) is 6.42 Å². The monoisotopic (exact) mass is 831 g/mol. The van der Waals surface area contributed by atoms with Crippen molar-refractivity contribution >= 4 is 40.4 Å². The molecule has 7 heteroatoms. The van der Waals surface area contributed by atoms with Crippen LogP contribution in [0.15, 0.2) is 0 Å². The molecular weight excluding hydrogens is 743 g/mol. The molecule has 0 amide bonds. The van der Waals surface area contributed by atoms with E-state index in [4.69, 9.17) is 14.2 Å². The normalized spacial score (nSPS) is 11.6. The Morgan fingerprint density at radius 1 is 0.353 bits per heavy atom. The summed E-state index contributed by atoms with van der Waals surface area (Å²) in [4.78, 5) is 39.8. The van der Waals surface area contributed by atoms with Crippen LogP contribution < -0.4 is 0 Å². The van der Waals surface area contributed by atoms with Gasteiger partial charge in [-0.15, -0.1) is 0 Å². The molecule has 0 aliphatic rings. The quantitative estimate of drug-likeness (QED) is 0.0265. The first-order valence-corrected chi connectivity index (χ1v) is 26.6. The van der Waals surface area contributed by atoms with Gasteiger partial charge in [-0.2, -0.15) is 0 Å². The van der Waals surface area contributed by atoms with Gasteiger partial charge in [0.2, 0.25) is 0 Å². The minimum atomic E-state index is -1.95. The summed E-state index contributed by atoms with van der Waals surface area (Å²) >= 11 is 0.729. The van der Waals surface area contributed by atoms with Gasteiger partial charge < -0.3 is 0 Å². The standard InChI is InChI=1S/C44H83O6.Sn.3H/c1-5-9-13-17-20-23-26-29-33-37-41(45)48-44(40-36-32-16-12-8-4,49-42(46)38-34-30-27-24-21-18-14-10-6-2)50-43(47)39-35-31-28-25-22-19-15-11-7-3;;;;/h4-40H2,1-3H3;;;;. The number of ether oxygens (including phenoxy) is 3. The van der Waals surface area contributed by atoms with Gasteiger partial charge >= 0.3 is 156 Å². The molecule has 0 saturated heterocycles. The molecule has 0 aromatic carbocycles. The fraction of sp³-hybridized carbons (Fsp3) is 0.932. The molecule has 51 heavy (non-hydrogen) atoms. The van der Waals surface area contributed by atoms with Crippen molar-refractivity contribution in [2.75, 3.05) is 0 Å². The molecule has 302 valence electrons. The second kappa shape index (κ2) is 38.9. The molecule has 0 radical (unpaired) electrons. The van der Waals surface area contributed by atoms with E-state index in [9.17, 15) is 14.4 Å². The zero-order valence-electron chi connectivity index (χ0n) is 34.6. The molecule has 0 N–H and O–H groups in total. The van der Waals surface area contributed by atoms with Gasteiger partial charge in [0, 0.05) is 0 Å². The summed E-state index contributed by atoms with van der Waals surface area (Å²) in [5, 5.41) is 0. The molecule has 0 aromatic heterocycles. The van der Waals surface area contributed by atoms with E-state index in [2.05, 4.69) is 20.8 Å². The molecule has 0 unspecified atom stereocenters. The Balaban J connectivity index is 5.27. The van der Waals surface area contributed by atoms with Crippen molar-refractivity contribution in [2.24, 2.45) is 0 Å². The molecular formula is C44H86O6Sn. The van der Waals surface area contributed by atoms with Gasteiger partial charge in [-0.1, -0.05) is 175 Å². The molecule has 0 rings (SSSR count).